The van der Waals surface area contributed by atoms with Gasteiger partial charge in [0.1, 0.15) is 5.82 Å². The van der Waals surface area contributed by atoms with Crippen molar-refractivity contribution >= 4 is 24.0 Å². The molecule has 0 aliphatic rings. The molecule has 0 bridgehead atoms. The Morgan fingerprint density at radius 3 is 2.33 bits per heavy atom. The van der Waals surface area contributed by atoms with E-state index in [0.717, 1.165) is 11.5 Å². The molecule has 0 unspecified atom stereocenters. The molecule has 0 saturated carbocycles. The molecule has 0 fully saturated rings. The SMILES string of the molecule is Cc1ccnc(C)n1.I. The van der Waals surface area contributed by atoms with Gasteiger partial charge in [-0.2, -0.15) is 0 Å². The number of aromatic nitrogens is 2. The molecular formula is C6H9IN2. The summed E-state index contributed by atoms with van der Waals surface area (Å²) in [6.07, 6.45) is 1.76. The van der Waals surface area contributed by atoms with Crippen LogP contribution in [-0.4, -0.2) is 9.97 Å². The first-order valence-corrected chi connectivity index (χ1v) is 2.55. The lowest BCUT2D eigenvalue weighted by molar-refractivity contribution is 1.01. The van der Waals surface area contributed by atoms with Gasteiger partial charge < -0.3 is 0 Å². The number of hydrogen-bond donors (Lipinski definition) is 0. The molecule has 2 nitrogen and oxygen atoms in total. The zero-order chi connectivity index (χ0) is 5.98. The smallest absolute Gasteiger partial charge is 0.125 e. The molecule has 0 amide bonds. The average Bonchev–Trinajstić information content (AvgIpc) is 1.64. The fourth-order valence-electron chi connectivity index (χ4n) is 0.574. The van der Waals surface area contributed by atoms with E-state index in [4.69, 9.17) is 0 Å². The summed E-state index contributed by atoms with van der Waals surface area (Å²) < 4.78 is 0. The highest BCUT2D eigenvalue weighted by Crippen LogP contribution is 1.88. The summed E-state index contributed by atoms with van der Waals surface area (Å²) in [7, 11) is 0. The maximum Gasteiger partial charge on any atom is 0.125 e. The molecule has 0 aliphatic carbocycles. The van der Waals surface area contributed by atoms with E-state index in [-0.39, 0.29) is 24.0 Å². The second kappa shape index (κ2) is 3.76. The molecule has 0 spiro atoms. The van der Waals surface area contributed by atoms with Gasteiger partial charge in [-0.25, -0.2) is 9.97 Å². The van der Waals surface area contributed by atoms with Crippen LogP contribution in [0.25, 0.3) is 0 Å². The van der Waals surface area contributed by atoms with Crippen LogP contribution in [0, 0.1) is 13.8 Å². The molecular weight excluding hydrogens is 227 g/mol. The molecule has 1 rings (SSSR count). The summed E-state index contributed by atoms with van der Waals surface area (Å²) in [5, 5.41) is 0. The predicted molar refractivity (Wildman–Crippen MR) is 46.9 cm³/mol. The van der Waals surface area contributed by atoms with Crippen LogP contribution in [0.4, 0.5) is 0 Å². The van der Waals surface area contributed by atoms with E-state index in [0.29, 0.717) is 0 Å². The van der Waals surface area contributed by atoms with Crippen LogP contribution in [-0.2, 0) is 0 Å². The first-order chi connectivity index (χ1) is 3.79. The average molecular weight is 236 g/mol. The minimum atomic E-state index is 0. The predicted octanol–water partition coefficient (Wildman–Crippen LogP) is 1.71. The minimum absolute atomic E-state index is 0. The number of nitrogens with zero attached hydrogens (tertiary/aromatic N) is 2. The molecule has 9 heavy (non-hydrogen) atoms. The normalized spacial score (nSPS) is 8.22. The van der Waals surface area contributed by atoms with Gasteiger partial charge in [-0.15, -0.1) is 24.0 Å². The van der Waals surface area contributed by atoms with Crippen LogP contribution < -0.4 is 0 Å². The van der Waals surface area contributed by atoms with E-state index in [1.807, 2.05) is 19.9 Å². The van der Waals surface area contributed by atoms with Crippen molar-refractivity contribution in [2.24, 2.45) is 0 Å². The Morgan fingerprint density at radius 2 is 2.00 bits per heavy atom. The highest BCUT2D eigenvalue weighted by molar-refractivity contribution is 14.0. The molecule has 0 N–H and O–H groups in total. The summed E-state index contributed by atoms with van der Waals surface area (Å²) in [5.74, 6) is 0.838. The lowest BCUT2D eigenvalue weighted by Crippen LogP contribution is -1.86. The second-order valence-corrected chi connectivity index (χ2v) is 1.75. The Labute approximate surface area is 71.7 Å². The molecule has 1 heterocycles. The summed E-state index contributed by atoms with van der Waals surface area (Å²) in [6, 6.07) is 1.88. The Balaban J connectivity index is 0.000000640. The van der Waals surface area contributed by atoms with Crippen molar-refractivity contribution in [2.45, 2.75) is 13.8 Å². The molecule has 0 radical (unpaired) electrons. The monoisotopic (exact) mass is 236 g/mol. The van der Waals surface area contributed by atoms with Crippen molar-refractivity contribution < 1.29 is 0 Å². The van der Waals surface area contributed by atoms with E-state index in [1.165, 1.54) is 0 Å². The molecule has 0 aromatic carbocycles. The lowest BCUT2D eigenvalue weighted by Gasteiger charge is -1.89. The fraction of sp³-hybridized carbons (Fsp3) is 0.333. The van der Waals surface area contributed by atoms with Crippen LogP contribution in [0.2, 0.25) is 0 Å². The third-order valence-corrected chi connectivity index (χ3v) is 0.915. The molecule has 1 aromatic rings. The first-order valence-electron chi connectivity index (χ1n) is 2.55. The summed E-state index contributed by atoms with van der Waals surface area (Å²) in [4.78, 5) is 7.99. The van der Waals surface area contributed by atoms with Crippen LogP contribution in [0.1, 0.15) is 11.5 Å². The number of hydrogen-bond acceptors (Lipinski definition) is 2. The van der Waals surface area contributed by atoms with E-state index < -0.39 is 0 Å². The van der Waals surface area contributed by atoms with Gasteiger partial charge in [0.25, 0.3) is 0 Å². The number of halogens is 1. The third-order valence-electron chi connectivity index (χ3n) is 0.915. The number of aryl methyl sites for hydroxylation is 2. The lowest BCUT2D eigenvalue weighted by atomic mass is 10.4. The first kappa shape index (κ1) is 8.81. The standard InChI is InChI=1S/C6H8N2.HI/c1-5-3-4-7-6(2)8-5;/h3-4H,1-2H3;1H. The third kappa shape index (κ3) is 2.74. The van der Waals surface area contributed by atoms with Gasteiger partial charge in [0.05, 0.1) is 0 Å². The van der Waals surface area contributed by atoms with Gasteiger partial charge in [-0.1, -0.05) is 0 Å². The van der Waals surface area contributed by atoms with Crippen molar-refractivity contribution in [1.82, 2.24) is 9.97 Å². The topological polar surface area (TPSA) is 25.8 Å². The highest BCUT2D eigenvalue weighted by atomic mass is 127. The maximum absolute atomic E-state index is 4.06. The number of rotatable bonds is 0. The van der Waals surface area contributed by atoms with E-state index in [2.05, 4.69) is 9.97 Å². The zero-order valence-electron chi connectivity index (χ0n) is 5.46. The van der Waals surface area contributed by atoms with Crippen LogP contribution >= 0.6 is 24.0 Å². The van der Waals surface area contributed by atoms with Crippen LogP contribution in [0.15, 0.2) is 12.3 Å². The Hall–Kier alpha value is -0.190. The second-order valence-electron chi connectivity index (χ2n) is 1.75. The van der Waals surface area contributed by atoms with Crippen molar-refractivity contribution in [3.05, 3.63) is 23.8 Å². The summed E-state index contributed by atoms with van der Waals surface area (Å²) >= 11 is 0. The molecule has 0 saturated heterocycles. The molecule has 0 aliphatic heterocycles. The fourth-order valence-corrected chi connectivity index (χ4v) is 0.574. The Morgan fingerprint density at radius 1 is 1.33 bits per heavy atom. The molecule has 1 aromatic heterocycles. The molecule has 50 valence electrons. The summed E-state index contributed by atoms with van der Waals surface area (Å²) in [6.45, 7) is 3.84. The highest BCUT2D eigenvalue weighted by Gasteiger charge is 1.83. The van der Waals surface area contributed by atoms with Gasteiger partial charge >= 0.3 is 0 Å². The van der Waals surface area contributed by atoms with Crippen molar-refractivity contribution in [2.75, 3.05) is 0 Å². The maximum atomic E-state index is 4.06. The zero-order valence-corrected chi connectivity index (χ0v) is 7.79. The largest absolute Gasteiger partial charge is 0.242 e. The van der Waals surface area contributed by atoms with Gasteiger partial charge in [-0.3, -0.25) is 0 Å². The molecule has 0 atom stereocenters. The van der Waals surface area contributed by atoms with Crippen LogP contribution in [0.5, 0.6) is 0 Å². The quantitative estimate of drug-likeness (QED) is 0.641. The van der Waals surface area contributed by atoms with Crippen LogP contribution in [0.3, 0.4) is 0 Å². The van der Waals surface area contributed by atoms with Crippen molar-refractivity contribution in [3.8, 4) is 0 Å². The molecule has 3 heteroatoms. The van der Waals surface area contributed by atoms with Crippen molar-refractivity contribution in [3.63, 3.8) is 0 Å². The van der Waals surface area contributed by atoms with E-state index in [1.54, 1.807) is 6.20 Å². The van der Waals surface area contributed by atoms with Crippen molar-refractivity contribution in [1.29, 1.82) is 0 Å². The van der Waals surface area contributed by atoms with Gasteiger partial charge in [0, 0.05) is 11.9 Å². The van der Waals surface area contributed by atoms with Gasteiger partial charge in [0.15, 0.2) is 0 Å². The van der Waals surface area contributed by atoms with E-state index >= 15 is 0 Å². The van der Waals surface area contributed by atoms with Gasteiger partial charge in [0.2, 0.25) is 0 Å². The van der Waals surface area contributed by atoms with Gasteiger partial charge in [-0.05, 0) is 19.9 Å². The Kier molecular flexibility index (Phi) is 3.68. The van der Waals surface area contributed by atoms with E-state index in [9.17, 15) is 0 Å². The minimum Gasteiger partial charge on any atom is -0.242 e. The Bertz CT molecular complexity index is 171. The summed E-state index contributed by atoms with van der Waals surface area (Å²) in [5.41, 5.74) is 1.03.